The average molecular weight is 414 g/mol. The maximum absolute atomic E-state index is 14.5. The normalized spacial score (nSPS) is 29.1. The second kappa shape index (κ2) is 8.05. The van der Waals surface area contributed by atoms with Gasteiger partial charge < -0.3 is 5.32 Å². The van der Waals surface area contributed by atoms with Gasteiger partial charge in [0.25, 0.3) is 0 Å². The molecule has 1 aromatic carbocycles. The van der Waals surface area contributed by atoms with Gasteiger partial charge in [0.15, 0.2) is 0 Å². The summed E-state index contributed by atoms with van der Waals surface area (Å²) in [4.78, 5) is 13.6. The van der Waals surface area contributed by atoms with Gasteiger partial charge in [-0.05, 0) is 49.7 Å². The van der Waals surface area contributed by atoms with Gasteiger partial charge in [-0.1, -0.05) is 45.4 Å². The SMILES string of the molecule is C=C1N=NC(c2c(F)cccc2F)=CC2[C@H](C(C)C)CC[C@@]12C(=O)NC1CCCC1. The molecule has 0 spiro atoms. The minimum Gasteiger partial charge on any atom is -0.353 e. The number of allylic oxidation sites excluding steroid dienone is 1. The van der Waals surface area contributed by atoms with E-state index in [1.165, 1.54) is 18.2 Å². The van der Waals surface area contributed by atoms with Crippen LogP contribution in [0.1, 0.15) is 57.9 Å². The molecule has 1 aliphatic heterocycles. The first-order valence-corrected chi connectivity index (χ1v) is 10.9. The third-order valence-electron chi connectivity index (χ3n) is 7.20. The van der Waals surface area contributed by atoms with E-state index >= 15 is 0 Å². The number of nitrogens with one attached hydrogen (secondary N) is 1. The zero-order valence-electron chi connectivity index (χ0n) is 17.6. The van der Waals surface area contributed by atoms with Gasteiger partial charge in [0, 0.05) is 12.0 Å². The van der Waals surface area contributed by atoms with Crippen LogP contribution < -0.4 is 5.32 Å². The number of nitrogens with zero attached hydrogens (tertiary/aromatic N) is 2. The van der Waals surface area contributed by atoms with Crippen LogP contribution in [0.2, 0.25) is 0 Å². The quantitative estimate of drug-likeness (QED) is 0.645. The van der Waals surface area contributed by atoms with E-state index in [1.54, 1.807) is 6.08 Å². The Hall–Kier alpha value is -2.37. The highest BCUT2D eigenvalue weighted by atomic mass is 19.1. The van der Waals surface area contributed by atoms with Crippen LogP contribution in [0.4, 0.5) is 8.78 Å². The number of carbonyl (C=O) groups is 1. The summed E-state index contributed by atoms with van der Waals surface area (Å²) in [6.07, 6.45) is 7.42. The van der Waals surface area contributed by atoms with Gasteiger partial charge in [-0.3, -0.25) is 4.79 Å². The maximum atomic E-state index is 14.5. The van der Waals surface area contributed by atoms with Crippen molar-refractivity contribution in [3.63, 3.8) is 0 Å². The maximum Gasteiger partial charge on any atom is 0.233 e. The molecular weight excluding hydrogens is 384 g/mol. The van der Waals surface area contributed by atoms with Crippen molar-refractivity contribution in [2.75, 3.05) is 0 Å². The summed E-state index contributed by atoms with van der Waals surface area (Å²) in [5.41, 5.74) is -0.603. The van der Waals surface area contributed by atoms with Gasteiger partial charge >= 0.3 is 0 Å². The third-order valence-corrected chi connectivity index (χ3v) is 7.20. The van der Waals surface area contributed by atoms with E-state index in [4.69, 9.17) is 0 Å². The van der Waals surface area contributed by atoms with E-state index in [-0.39, 0.29) is 35.0 Å². The van der Waals surface area contributed by atoms with E-state index in [9.17, 15) is 13.6 Å². The number of amides is 1. The van der Waals surface area contributed by atoms with Crippen LogP contribution in [-0.4, -0.2) is 11.9 Å². The molecule has 1 unspecified atom stereocenters. The summed E-state index contributed by atoms with van der Waals surface area (Å²) < 4.78 is 29.0. The molecule has 4 rings (SSSR count). The molecule has 1 aromatic rings. The van der Waals surface area contributed by atoms with Gasteiger partial charge in [0.05, 0.1) is 22.4 Å². The fourth-order valence-electron chi connectivity index (χ4n) is 5.52. The smallest absolute Gasteiger partial charge is 0.233 e. The minimum atomic E-state index is -0.926. The largest absolute Gasteiger partial charge is 0.353 e. The molecule has 1 amide bonds. The Morgan fingerprint density at radius 1 is 1.17 bits per heavy atom. The van der Waals surface area contributed by atoms with Crippen LogP contribution in [0.3, 0.4) is 0 Å². The molecule has 3 atom stereocenters. The first-order valence-electron chi connectivity index (χ1n) is 10.9. The van der Waals surface area contributed by atoms with Gasteiger partial charge in [0.1, 0.15) is 11.6 Å². The summed E-state index contributed by atoms with van der Waals surface area (Å²) in [5, 5.41) is 11.6. The molecule has 2 aliphatic carbocycles. The fourth-order valence-corrected chi connectivity index (χ4v) is 5.52. The van der Waals surface area contributed by atoms with Crippen molar-refractivity contribution >= 4 is 11.6 Å². The predicted molar refractivity (Wildman–Crippen MR) is 112 cm³/mol. The van der Waals surface area contributed by atoms with Gasteiger partial charge in [-0.2, -0.15) is 10.2 Å². The van der Waals surface area contributed by atoms with Crippen LogP contribution in [0.15, 0.2) is 46.8 Å². The zero-order valence-corrected chi connectivity index (χ0v) is 17.6. The van der Waals surface area contributed by atoms with E-state index in [0.29, 0.717) is 18.0 Å². The Bertz CT molecular complexity index is 897. The van der Waals surface area contributed by atoms with Crippen molar-refractivity contribution in [3.05, 3.63) is 53.7 Å². The molecule has 4 nitrogen and oxygen atoms in total. The molecule has 0 aromatic heterocycles. The van der Waals surface area contributed by atoms with Gasteiger partial charge in [-0.15, -0.1) is 0 Å². The first kappa shape index (κ1) is 20.9. The standard InChI is InChI=1S/C24H29F2N3O/c1-14(2)17-11-12-24(23(30)27-16-7-4-5-8-16)15(3)28-29-21(13-18(17)24)22-19(25)9-6-10-20(22)26/h6,9-10,13-14,16-18H,3-5,7-8,11-12H2,1-2H3,(H,27,30)/t17-,18?,24+/m0/s1. The van der Waals surface area contributed by atoms with Gasteiger partial charge in [0.2, 0.25) is 5.91 Å². The topological polar surface area (TPSA) is 53.8 Å². The van der Waals surface area contributed by atoms with Crippen molar-refractivity contribution in [2.45, 2.75) is 58.4 Å². The van der Waals surface area contributed by atoms with Crippen molar-refractivity contribution in [1.82, 2.24) is 5.32 Å². The van der Waals surface area contributed by atoms with Crippen molar-refractivity contribution < 1.29 is 13.6 Å². The summed E-state index contributed by atoms with van der Waals surface area (Å²) in [6.45, 7) is 8.35. The van der Waals surface area contributed by atoms with Crippen LogP contribution in [0, 0.1) is 34.8 Å². The van der Waals surface area contributed by atoms with Gasteiger partial charge in [-0.25, -0.2) is 8.78 Å². The number of halogens is 2. The highest BCUT2D eigenvalue weighted by molar-refractivity contribution is 5.88. The molecular formula is C24H29F2N3O. The molecule has 2 fully saturated rings. The Morgan fingerprint density at radius 2 is 1.83 bits per heavy atom. The highest BCUT2D eigenvalue weighted by Crippen LogP contribution is 2.56. The number of hydrogen-bond acceptors (Lipinski definition) is 3. The van der Waals surface area contributed by atoms with E-state index in [2.05, 4.69) is 36.0 Å². The lowest BCUT2D eigenvalue weighted by Gasteiger charge is -2.35. The Morgan fingerprint density at radius 3 is 2.47 bits per heavy atom. The number of rotatable bonds is 4. The molecule has 1 N–H and O–H groups in total. The number of hydrogen-bond donors (Lipinski definition) is 1. The molecule has 0 saturated heterocycles. The third kappa shape index (κ3) is 3.40. The fraction of sp³-hybridized carbons (Fsp3) is 0.542. The molecule has 0 radical (unpaired) electrons. The summed E-state index contributed by atoms with van der Waals surface area (Å²) in [6, 6.07) is 3.92. The molecule has 0 bridgehead atoms. The first-order chi connectivity index (χ1) is 14.3. The average Bonchev–Trinajstić information content (AvgIpc) is 3.31. The second-order valence-corrected chi connectivity index (χ2v) is 9.19. The number of carbonyl (C=O) groups excluding carboxylic acids is 1. The molecule has 2 saturated carbocycles. The van der Waals surface area contributed by atoms with Crippen molar-refractivity contribution in [1.29, 1.82) is 0 Å². The Balaban J connectivity index is 1.80. The Labute approximate surface area is 176 Å². The lowest BCUT2D eigenvalue weighted by Crippen LogP contribution is -2.48. The second-order valence-electron chi connectivity index (χ2n) is 9.19. The van der Waals surface area contributed by atoms with E-state index in [0.717, 1.165) is 32.1 Å². The monoisotopic (exact) mass is 413 g/mol. The zero-order chi connectivity index (χ0) is 21.5. The van der Waals surface area contributed by atoms with Crippen LogP contribution in [0.5, 0.6) is 0 Å². The molecule has 160 valence electrons. The highest BCUT2D eigenvalue weighted by Gasteiger charge is 2.56. The lowest BCUT2D eigenvalue weighted by molar-refractivity contribution is -0.131. The van der Waals surface area contributed by atoms with E-state index < -0.39 is 17.0 Å². The predicted octanol–water partition coefficient (Wildman–Crippen LogP) is 6.01. The Kier molecular flexibility index (Phi) is 5.60. The lowest BCUT2D eigenvalue weighted by atomic mass is 9.70. The molecule has 1 heterocycles. The van der Waals surface area contributed by atoms with E-state index in [1.807, 2.05) is 0 Å². The summed E-state index contributed by atoms with van der Waals surface area (Å²) >= 11 is 0. The van der Waals surface area contributed by atoms with Crippen molar-refractivity contribution in [2.24, 2.45) is 33.4 Å². The molecule has 30 heavy (non-hydrogen) atoms. The minimum absolute atomic E-state index is 0.0713. The summed E-state index contributed by atoms with van der Waals surface area (Å²) in [5.74, 6) is -1.25. The van der Waals surface area contributed by atoms with Crippen LogP contribution in [-0.2, 0) is 4.79 Å². The number of benzene rings is 1. The molecule has 6 heteroatoms. The number of fused-ring (bicyclic) bond motifs is 1. The van der Waals surface area contributed by atoms with Crippen LogP contribution >= 0.6 is 0 Å². The van der Waals surface area contributed by atoms with Crippen LogP contribution in [0.25, 0.3) is 5.70 Å². The van der Waals surface area contributed by atoms with Crippen molar-refractivity contribution in [3.8, 4) is 0 Å². The summed E-state index contributed by atoms with van der Waals surface area (Å²) in [7, 11) is 0. The molecule has 3 aliphatic rings. The number of azo groups is 1.